The van der Waals surface area contributed by atoms with Crippen LogP contribution in [0.4, 0.5) is 0 Å². The molecule has 0 radical (unpaired) electrons. The maximum absolute atomic E-state index is 5.96. The summed E-state index contributed by atoms with van der Waals surface area (Å²) in [4.78, 5) is 4.72. The van der Waals surface area contributed by atoms with Gasteiger partial charge >= 0.3 is 0 Å². The van der Waals surface area contributed by atoms with Gasteiger partial charge in [0, 0.05) is 12.5 Å². The zero-order valence-corrected chi connectivity index (χ0v) is 12.1. The Morgan fingerprint density at radius 2 is 2.00 bits per heavy atom. The summed E-state index contributed by atoms with van der Waals surface area (Å²) in [5, 5.41) is 1.06. The van der Waals surface area contributed by atoms with Crippen LogP contribution in [0.2, 0.25) is 0 Å². The minimum Gasteiger partial charge on any atom is -0.497 e. The van der Waals surface area contributed by atoms with Crippen LogP contribution in [0.15, 0.2) is 48.5 Å². The number of thiazole rings is 1. The van der Waals surface area contributed by atoms with E-state index in [9.17, 15) is 0 Å². The number of fused-ring (bicyclic) bond motifs is 1. The molecule has 1 heterocycles. The molecule has 3 aromatic rings. The van der Waals surface area contributed by atoms with Crippen LogP contribution in [0.5, 0.6) is 5.75 Å². The van der Waals surface area contributed by atoms with Crippen molar-refractivity contribution >= 4 is 21.6 Å². The zero-order chi connectivity index (χ0) is 13.9. The van der Waals surface area contributed by atoms with E-state index < -0.39 is 0 Å². The molecule has 102 valence electrons. The van der Waals surface area contributed by atoms with Gasteiger partial charge in [-0.3, -0.25) is 0 Å². The number of ether oxygens (including phenoxy) is 1. The van der Waals surface area contributed by atoms with Gasteiger partial charge in [0.25, 0.3) is 0 Å². The lowest BCUT2D eigenvalue weighted by atomic mass is 10.0. The zero-order valence-electron chi connectivity index (χ0n) is 11.2. The van der Waals surface area contributed by atoms with Crippen molar-refractivity contribution in [2.24, 2.45) is 5.73 Å². The minimum absolute atomic E-state index is 0.152. The Labute approximate surface area is 122 Å². The lowest BCUT2D eigenvalue weighted by Crippen LogP contribution is -2.13. The largest absolute Gasteiger partial charge is 0.497 e. The smallest absolute Gasteiger partial charge is 0.120 e. The van der Waals surface area contributed by atoms with Crippen LogP contribution in [0.3, 0.4) is 0 Å². The van der Waals surface area contributed by atoms with E-state index in [0.717, 1.165) is 21.0 Å². The molecule has 2 aromatic carbocycles. The van der Waals surface area contributed by atoms with Gasteiger partial charge < -0.3 is 10.5 Å². The van der Waals surface area contributed by atoms with Crippen LogP contribution in [-0.4, -0.2) is 18.6 Å². The molecule has 0 aliphatic heterocycles. The molecule has 0 aliphatic rings. The third-order valence-electron chi connectivity index (χ3n) is 3.35. The summed E-state index contributed by atoms with van der Waals surface area (Å²) in [6.45, 7) is 0.557. The van der Waals surface area contributed by atoms with Gasteiger partial charge in [-0.05, 0) is 23.8 Å². The van der Waals surface area contributed by atoms with Crippen molar-refractivity contribution in [3.63, 3.8) is 0 Å². The van der Waals surface area contributed by atoms with E-state index in [0.29, 0.717) is 6.54 Å². The second kappa shape index (κ2) is 5.61. The molecule has 3 nitrogen and oxygen atoms in total. The van der Waals surface area contributed by atoms with Crippen molar-refractivity contribution in [3.05, 3.63) is 59.1 Å². The van der Waals surface area contributed by atoms with E-state index in [1.54, 1.807) is 18.4 Å². The molecule has 0 fully saturated rings. The molecule has 0 saturated heterocycles. The van der Waals surface area contributed by atoms with E-state index in [1.165, 1.54) is 5.56 Å². The van der Waals surface area contributed by atoms with Crippen molar-refractivity contribution in [2.75, 3.05) is 13.7 Å². The Morgan fingerprint density at radius 1 is 1.20 bits per heavy atom. The molecule has 20 heavy (non-hydrogen) atoms. The molecule has 1 aromatic heterocycles. The predicted molar refractivity (Wildman–Crippen MR) is 83.5 cm³/mol. The first-order valence-electron chi connectivity index (χ1n) is 6.51. The summed E-state index contributed by atoms with van der Waals surface area (Å²) in [5.74, 6) is 1.01. The minimum atomic E-state index is 0.152. The molecule has 0 saturated carbocycles. The summed E-state index contributed by atoms with van der Waals surface area (Å²) >= 11 is 1.68. The van der Waals surface area contributed by atoms with E-state index >= 15 is 0 Å². The number of nitrogens with zero attached hydrogens (tertiary/aromatic N) is 1. The molecular formula is C16H16N2OS. The monoisotopic (exact) mass is 284 g/mol. The standard InChI is InChI=1S/C16H16N2OS/c1-19-12-7-8-14-15(9-12)20-16(18-14)13(10-17)11-5-3-2-4-6-11/h2-9,13H,10,17H2,1H3. The summed E-state index contributed by atoms with van der Waals surface area (Å²) < 4.78 is 6.39. The third kappa shape index (κ3) is 2.40. The molecule has 2 N–H and O–H groups in total. The van der Waals surface area contributed by atoms with Crippen molar-refractivity contribution in [3.8, 4) is 5.75 Å². The molecule has 0 bridgehead atoms. The van der Waals surface area contributed by atoms with Gasteiger partial charge in [-0.1, -0.05) is 30.3 Å². The topological polar surface area (TPSA) is 48.1 Å². The van der Waals surface area contributed by atoms with E-state index in [1.807, 2.05) is 36.4 Å². The van der Waals surface area contributed by atoms with E-state index in [-0.39, 0.29) is 5.92 Å². The number of aromatic nitrogens is 1. The second-order valence-electron chi connectivity index (χ2n) is 4.58. The number of rotatable bonds is 4. The number of hydrogen-bond donors (Lipinski definition) is 1. The number of hydrogen-bond acceptors (Lipinski definition) is 4. The van der Waals surface area contributed by atoms with Gasteiger partial charge in [-0.15, -0.1) is 11.3 Å². The van der Waals surface area contributed by atoms with Crippen molar-refractivity contribution in [1.29, 1.82) is 0 Å². The highest BCUT2D eigenvalue weighted by atomic mass is 32.1. The van der Waals surface area contributed by atoms with Crippen LogP contribution >= 0.6 is 11.3 Å². The normalized spacial score (nSPS) is 12.5. The summed E-state index contributed by atoms with van der Waals surface area (Å²) in [5.41, 5.74) is 8.17. The number of nitrogens with two attached hydrogens (primary N) is 1. The molecule has 3 rings (SSSR count). The van der Waals surface area contributed by atoms with Crippen LogP contribution in [-0.2, 0) is 0 Å². The third-order valence-corrected chi connectivity index (χ3v) is 4.48. The van der Waals surface area contributed by atoms with Gasteiger partial charge in [0.1, 0.15) is 10.8 Å². The first kappa shape index (κ1) is 13.1. The Bertz CT molecular complexity index is 709. The first-order valence-corrected chi connectivity index (χ1v) is 7.33. The number of benzene rings is 2. The SMILES string of the molecule is COc1ccc2nc(C(CN)c3ccccc3)sc2c1. The van der Waals surface area contributed by atoms with Crippen molar-refractivity contribution < 1.29 is 4.74 Å². The van der Waals surface area contributed by atoms with Gasteiger partial charge in [0.15, 0.2) is 0 Å². The molecule has 0 aliphatic carbocycles. The van der Waals surface area contributed by atoms with Gasteiger partial charge in [-0.2, -0.15) is 0 Å². The first-order chi connectivity index (χ1) is 9.81. The Hall–Kier alpha value is -1.91. The highest BCUT2D eigenvalue weighted by Crippen LogP contribution is 2.32. The summed E-state index contributed by atoms with van der Waals surface area (Å²) in [6.07, 6.45) is 0. The maximum Gasteiger partial charge on any atom is 0.120 e. The quantitative estimate of drug-likeness (QED) is 0.799. The lowest BCUT2D eigenvalue weighted by molar-refractivity contribution is 0.415. The van der Waals surface area contributed by atoms with Gasteiger partial charge in [0.2, 0.25) is 0 Å². The number of methoxy groups -OCH3 is 1. The fraction of sp³-hybridized carbons (Fsp3) is 0.188. The van der Waals surface area contributed by atoms with Gasteiger partial charge in [-0.25, -0.2) is 4.98 Å². The molecule has 0 amide bonds. The highest BCUT2D eigenvalue weighted by Gasteiger charge is 2.17. The molecular weight excluding hydrogens is 268 g/mol. The molecule has 4 heteroatoms. The van der Waals surface area contributed by atoms with Crippen LogP contribution in [0.1, 0.15) is 16.5 Å². The lowest BCUT2D eigenvalue weighted by Gasteiger charge is -2.11. The Morgan fingerprint density at radius 3 is 2.70 bits per heavy atom. The Balaban J connectivity index is 2.04. The van der Waals surface area contributed by atoms with Crippen LogP contribution in [0, 0.1) is 0 Å². The second-order valence-corrected chi connectivity index (χ2v) is 5.65. The molecule has 1 unspecified atom stereocenters. The fourth-order valence-electron chi connectivity index (χ4n) is 2.26. The van der Waals surface area contributed by atoms with E-state index in [2.05, 4.69) is 12.1 Å². The summed E-state index contributed by atoms with van der Waals surface area (Å²) in [7, 11) is 1.68. The fourth-order valence-corrected chi connectivity index (χ4v) is 3.40. The van der Waals surface area contributed by atoms with Gasteiger partial charge in [0.05, 0.1) is 17.3 Å². The van der Waals surface area contributed by atoms with E-state index in [4.69, 9.17) is 15.5 Å². The Kier molecular flexibility index (Phi) is 3.67. The maximum atomic E-state index is 5.96. The average Bonchev–Trinajstić information content (AvgIpc) is 2.91. The average molecular weight is 284 g/mol. The molecule has 0 spiro atoms. The highest BCUT2D eigenvalue weighted by molar-refractivity contribution is 7.18. The van der Waals surface area contributed by atoms with Crippen LogP contribution < -0.4 is 10.5 Å². The van der Waals surface area contributed by atoms with Crippen molar-refractivity contribution in [2.45, 2.75) is 5.92 Å². The van der Waals surface area contributed by atoms with Crippen LogP contribution in [0.25, 0.3) is 10.2 Å². The summed E-state index contributed by atoms with van der Waals surface area (Å²) in [6, 6.07) is 16.2. The van der Waals surface area contributed by atoms with Crippen molar-refractivity contribution in [1.82, 2.24) is 4.98 Å². The predicted octanol–water partition coefficient (Wildman–Crippen LogP) is 3.40. The molecule has 1 atom stereocenters.